The predicted molar refractivity (Wildman–Crippen MR) is 72.5 cm³/mol. The molecule has 2 aromatic rings. The molecule has 6 heteroatoms. The molecule has 0 atom stereocenters. The van der Waals surface area contributed by atoms with Crippen LogP contribution >= 0.6 is 0 Å². The molecular weight excluding hydrogens is 283 g/mol. The molecule has 0 aliphatic rings. The molecule has 0 heterocycles. The molecule has 0 aliphatic heterocycles. The molecule has 0 bridgehead atoms. The standard InChI is InChI=1S/C15H12F3NO2/c1-21-14(20)12-7-2-3-8-13(12)19-11-6-4-5-10(9-11)15(16,17)18/h2-9,19H,1H3. The Bertz CT molecular complexity index is 653. The summed E-state index contributed by atoms with van der Waals surface area (Å²) in [4.78, 5) is 11.6. The van der Waals surface area contributed by atoms with Crippen molar-refractivity contribution in [1.29, 1.82) is 0 Å². The van der Waals surface area contributed by atoms with Crippen molar-refractivity contribution in [1.82, 2.24) is 0 Å². The van der Waals surface area contributed by atoms with E-state index in [2.05, 4.69) is 10.1 Å². The molecule has 21 heavy (non-hydrogen) atoms. The van der Waals surface area contributed by atoms with Gasteiger partial charge in [0.05, 0.1) is 23.9 Å². The summed E-state index contributed by atoms with van der Waals surface area (Å²) in [7, 11) is 1.24. The second-order valence-electron chi connectivity index (χ2n) is 4.24. The zero-order chi connectivity index (χ0) is 15.5. The third kappa shape index (κ3) is 3.53. The Balaban J connectivity index is 2.33. The van der Waals surface area contributed by atoms with Crippen molar-refractivity contribution in [3.05, 3.63) is 59.7 Å². The Morgan fingerprint density at radius 2 is 1.81 bits per heavy atom. The molecule has 0 unspecified atom stereocenters. The quantitative estimate of drug-likeness (QED) is 0.861. The number of carbonyl (C=O) groups is 1. The van der Waals surface area contributed by atoms with Gasteiger partial charge in [0.15, 0.2) is 0 Å². The first-order valence-corrected chi connectivity index (χ1v) is 6.03. The van der Waals surface area contributed by atoms with Crippen LogP contribution in [0.4, 0.5) is 24.5 Å². The zero-order valence-corrected chi connectivity index (χ0v) is 11.1. The number of para-hydroxylation sites is 1. The smallest absolute Gasteiger partial charge is 0.416 e. The van der Waals surface area contributed by atoms with Crippen LogP contribution in [0.5, 0.6) is 0 Å². The van der Waals surface area contributed by atoms with Gasteiger partial charge in [-0.2, -0.15) is 13.2 Å². The van der Waals surface area contributed by atoms with E-state index in [1.165, 1.54) is 25.3 Å². The monoisotopic (exact) mass is 295 g/mol. The molecule has 2 aromatic carbocycles. The molecule has 0 aromatic heterocycles. The van der Waals surface area contributed by atoms with Crippen LogP contribution in [0.15, 0.2) is 48.5 Å². The Kier molecular flexibility index (Phi) is 4.16. The number of carbonyl (C=O) groups excluding carboxylic acids is 1. The lowest BCUT2D eigenvalue weighted by atomic mass is 10.1. The van der Waals surface area contributed by atoms with E-state index in [-0.39, 0.29) is 11.3 Å². The van der Waals surface area contributed by atoms with Crippen LogP contribution in [0.1, 0.15) is 15.9 Å². The minimum Gasteiger partial charge on any atom is -0.465 e. The number of anilines is 2. The van der Waals surface area contributed by atoms with E-state index in [0.29, 0.717) is 5.69 Å². The van der Waals surface area contributed by atoms with E-state index in [1.54, 1.807) is 18.2 Å². The second-order valence-corrected chi connectivity index (χ2v) is 4.24. The molecule has 110 valence electrons. The van der Waals surface area contributed by atoms with Gasteiger partial charge in [-0.3, -0.25) is 0 Å². The van der Waals surface area contributed by atoms with Crippen molar-refractivity contribution in [2.75, 3.05) is 12.4 Å². The summed E-state index contributed by atoms with van der Waals surface area (Å²) in [5.74, 6) is -0.565. The SMILES string of the molecule is COC(=O)c1ccccc1Nc1cccc(C(F)(F)F)c1. The van der Waals surface area contributed by atoms with Crippen molar-refractivity contribution < 1.29 is 22.7 Å². The van der Waals surface area contributed by atoms with Crippen LogP contribution in [0.2, 0.25) is 0 Å². The Labute approximate surface area is 119 Å². The maximum absolute atomic E-state index is 12.7. The fourth-order valence-corrected chi connectivity index (χ4v) is 1.81. The summed E-state index contributed by atoms with van der Waals surface area (Å²) in [6, 6.07) is 11.2. The summed E-state index contributed by atoms with van der Waals surface area (Å²) in [5, 5.41) is 2.80. The number of hydrogen-bond donors (Lipinski definition) is 1. The zero-order valence-electron chi connectivity index (χ0n) is 11.1. The fourth-order valence-electron chi connectivity index (χ4n) is 1.81. The van der Waals surface area contributed by atoms with Crippen LogP contribution in [-0.4, -0.2) is 13.1 Å². The number of halogens is 3. The van der Waals surface area contributed by atoms with Gasteiger partial charge in [0.25, 0.3) is 0 Å². The minimum absolute atomic E-state index is 0.237. The summed E-state index contributed by atoms with van der Waals surface area (Å²) < 4.78 is 42.6. The third-order valence-electron chi connectivity index (χ3n) is 2.80. The van der Waals surface area contributed by atoms with Gasteiger partial charge in [-0.25, -0.2) is 4.79 Å². The number of alkyl halides is 3. The van der Waals surface area contributed by atoms with Gasteiger partial charge in [0.1, 0.15) is 0 Å². The average Bonchev–Trinajstić information content (AvgIpc) is 2.46. The third-order valence-corrected chi connectivity index (χ3v) is 2.80. The van der Waals surface area contributed by atoms with E-state index in [4.69, 9.17) is 0 Å². The van der Waals surface area contributed by atoms with Crippen LogP contribution in [0, 0.1) is 0 Å². The number of methoxy groups -OCH3 is 1. The number of ether oxygens (including phenoxy) is 1. The molecule has 1 N–H and O–H groups in total. The number of benzene rings is 2. The lowest BCUT2D eigenvalue weighted by molar-refractivity contribution is -0.137. The summed E-state index contributed by atoms with van der Waals surface area (Å²) in [5.41, 5.74) is 0.102. The largest absolute Gasteiger partial charge is 0.465 e. The first-order valence-electron chi connectivity index (χ1n) is 6.03. The van der Waals surface area contributed by atoms with Gasteiger partial charge in [-0.15, -0.1) is 0 Å². The maximum atomic E-state index is 12.7. The van der Waals surface area contributed by atoms with Crippen LogP contribution < -0.4 is 5.32 Å². The lowest BCUT2D eigenvalue weighted by Crippen LogP contribution is -2.07. The second kappa shape index (κ2) is 5.87. The van der Waals surface area contributed by atoms with Crippen molar-refractivity contribution in [2.45, 2.75) is 6.18 Å². The maximum Gasteiger partial charge on any atom is 0.416 e. The minimum atomic E-state index is -4.42. The Hall–Kier alpha value is -2.50. The van der Waals surface area contributed by atoms with E-state index < -0.39 is 17.7 Å². The molecule has 0 saturated heterocycles. The number of esters is 1. The number of hydrogen-bond acceptors (Lipinski definition) is 3. The van der Waals surface area contributed by atoms with Crippen molar-refractivity contribution >= 4 is 17.3 Å². The van der Waals surface area contributed by atoms with Gasteiger partial charge in [-0.05, 0) is 30.3 Å². The van der Waals surface area contributed by atoms with Gasteiger partial charge in [-0.1, -0.05) is 18.2 Å². The lowest BCUT2D eigenvalue weighted by Gasteiger charge is -2.12. The predicted octanol–water partition coefficient (Wildman–Crippen LogP) is 4.24. The normalized spacial score (nSPS) is 11.0. The molecule has 0 amide bonds. The molecule has 0 fully saturated rings. The van der Waals surface area contributed by atoms with E-state index in [0.717, 1.165) is 12.1 Å². The van der Waals surface area contributed by atoms with Crippen LogP contribution in [0.3, 0.4) is 0 Å². The molecule has 3 nitrogen and oxygen atoms in total. The summed E-state index contributed by atoms with van der Waals surface area (Å²) in [6.45, 7) is 0. The highest BCUT2D eigenvalue weighted by Crippen LogP contribution is 2.31. The summed E-state index contributed by atoms with van der Waals surface area (Å²) in [6.07, 6.45) is -4.42. The molecule has 0 radical (unpaired) electrons. The molecule has 2 rings (SSSR count). The van der Waals surface area contributed by atoms with Crippen molar-refractivity contribution in [3.8, 4) is 0 Å². The van der Waals surface area contributed by atoms with Gasteiger partial charge in [0, 0.05) is 5.69 Å². The number of rotatable bonds is 3. The molecule has 0 aliphatic carbocycles. The first kappa shape index (κ1) is 14.9. The first-order chi connectivity index (χ1) is 9.91. The summed E-state index contributed by atoms with van der Waals surface area (Å²) >= 11 is 0. The molecule has 0 saturated carbocycles. The number of nitrogens with one attached hydrogen (secondary N) is 1. The van der Waals surface area contributed by atoms with E-state index in [1.807, 2.05) is 0 Å². The Morgan fingerprint density at radius 3 is 2.48 bits per heavy atom. The fraction of sp³-hybridized carbons (Fsp3) is 0.133. The Morgan fingerprint density at radius 1 is 1.10 bits per heavy atom. The van der Waals surface area contributed by atoms with E-state index >= 15 is 0 Å². The highest BCUT2D eigenvalue weighted by molar-refractivity contribution is 5.96. The molecular formula is C15H12F3NO2. The topological polar surface area (TPSA) is 38.3 Å². The van der Waals surface area contributed by atoms with Gasteiger partial charge in [0.2, 0.25) is 0 Å². The van der Waals surface area contributed by atoms with Crippen molar-refractivity contribution in [2.24, 2.45) is 0 Å². The highest BCUT2D eigenvalue weighted by atomic mass is 19.4. The van der Waals surface area contributed by atoms with Gasteiger partial charge >= 0.3 is 12.1 Å². The van der Waals surface area contributed by atoms with Crippen LogP contribution in [-0.2, 0) is 10.9 Å². The van der Waals surface area contributed by atoms with E-state index in [9.17, 15) is 18.0 Å². The highest BCUT2D eigenvalue weighted by Gasteiger charge is 2.30. The van der Waals surface area contributed by atoms with Gasteiger partial charge < -0.3 is 10.1 Å². The van der Waals surface area contributed by atoms with Crippen molar-refractivity contribution in [3.63, 3.8) is 0 Å². The molecule has 0 spiro atoms. The average molecular weight is 295 g/mol. The van der Waals surface area contributed by atoms with Crippen LogP contribution in [0.25, 0.3) is 0 Å².